The molecule has 0 rings (SSSR count). The van der Waals surface area contributed by atoms with E-state index < -0.39 is 15.7 Å². The topological polar surface area (TPSA) is 40.1 Å². The first-order valence-electron chi connectivity index (χ1n) is 0.471. The van der Waals surface area contributed by atoms with Gasteiger partial charge in [0.05, 0.1) is 0 Å². The van der Waals surface area contributed by atoms with Gasteiger partial charge in [-0.15, -0.1) is 0 Å². The van der Waals surface area contributed by atoms with Gasteiger partial charge < -0.3 is 4.70 Å². The Morgan fingerprint density at radius 2 is 1.60 bits per heavy atom. The normalized spacial score (nSPS) is 2.40. The van der Waals surface area contributed by atoms with Gasteiger partial charge in [0, 0.05) is 0 Å². The van der Waals surface area contributed by atoms with E-state index in [4.69, 9.17) is 7.91 Å². The van der Waals surface area contributed by atoms with Crippen LogP contribution in [-0.4, -0.2) is 38.8 Å². The molecule has 26 valence electrons. The zero-order valence-electron chi connectivity index (χ0n) is 2.48. The van der Waals surface area contributed by atoms with Crippen molar-refractivity contribution in [1.82, 2.24) is 0 Å². The minimum atomic E-state index is -2.19. The number of rotatable bonds is 0. The van der Waals surface area contributed by atoms with E-state index >= 15 is 0 Å². The van der Waals surface area contributed by atoms with Gasteiger partial charge in [-0.2, -0.15) is 0 Å². The van der Waals surface area contributed by atoms with Gasteiger partial charge in [0.25, 0.3) is 0 Å². The van der Waals surface area contributed by atoms with E-state index in [2.05, 4.69) is 0 Å². The maximum atomic E-state index is 8.53. The summed E-state index contributed by atoms with van der Waals surface area (Å²) in [5.74, 6) is 0. The van der Waals surface area contributed by atoms with Crippen molar-refractivity contribution >= 4 is 38.8 Å². The van der Waals surface area contributed by atoms with Crippen LogP contribution in [0.2, 0.25) is 0 Å². The van der Waals surface area contributed by atoms with Crippen LogP contribution < -0.4 is 8.84 Å². The summed E-state index contributed by atoms with van der Waals surface area (Å²) < 4.78 is 17.1. The molecular formula is HFGeMgO2. The molecule has 0 fully saturated rings. The SMILES string of the molecule is [F-].[Mg+2].[O]=[GeH][O-]. The summed E-state index contributed by atoms with van der Waals surface area (Å²) in [4.78, 5) is 0. The average Bonchev–Trinajstić information content (AvgIpc) is 0.918. The number of hydrogen-bond donors (Lipinski definition) is 0. The van der Waals surface area contributed by atoms with Crippen molar-refractivity contribution in [3.8, 4) is 0 Å². The summed E-state index contributed by atoms with van der Waals surface area (Å²) in [6.07, 6.45) is 0. The molecule has 0 saturated carbocycles. The summed E-state index contributed by atoms with van der Waals surface area (Å²) >= 11 is -2.19. The summed E-state index contributed by atoms with van der Waals surface area (Å²) in [7, 11) is 0. The Balaban J connectivity index is -0.0000000200. The molecule has 0 aromatic rings. The molecule has 0 bridgehead atoms. The average molecular weight is 149 g/mol. The molecule has 0 atom stereocenters. The Hall–Kier alpha value is 0.839. The molecule has 0 aliphatic rings. The summed E-state index contributed by atoms with van der Waals surface area (Å²) in [5, 5.41) is 0. The molecule has 0 unspecified atom stereocenters. The van der Waals surface area contributed by atoms with Gasteiger partial charge in [0.15, 0.2) is 0 Å². The molecular weight excluding hydrogens is 148 g/mol. The van der Waals surface area contributed by atoms with Gasteiger partial charge in [0.1, 0.15) is 0 Å². The van der Waals surface area contributed by atoms with Crippen molar-refractivity contribution in [2.45, 2.75) is 0 Å². The van der Waals surface area contributed by atoms with E-state index in [1.165, 1.54) is 0 Å². The molecule has 0 spiro atoms. The van der Waals surface area contributed by atoms with Crippen LogP contribution in [0.3, 0.4) is 0 Å². The summed E-state index contributed by atoms with van der Waals surface area (Å²) in [5.41, 5.74) is 0. The molecule has 0 aromatic heterocycles. The van der Waals surface area contributed by atoms with Gasteiger partial charge in [-0.1, -0.05) is 0 Å². The second kappa shape index (κ2) is 21.1. The third-order valence-corrected chi connectivity index (χ3v) is 0. The van der Waals surface area contributed by atoms with E-state index in [1.807, 2.05) is 0 Å². The van der Waals surface area contributed by atoms with Gasteiger partial charge in [-0.05, 0) is 0 Å². The van der Waals surface area contributed by atoms with Gasteiger partial charge in [0.2, 0.25) is 0 Å². The van der Waals surface area contributed by atoms with Crippen LogP contribution in [0.1, 0.15) is 0 Å². The predicted octanol–water partition coefficient (Wildman–Crippen LogP) is -5.33. The van der Waals surface area contributed by atoms with Crippen molar-refractivity contribution in [2.75, 3.05) is 0 Å². The Labute approximate surface area is 51.5 Å². The first-order chi connectivity index (χ1) is 1.41. The predicted molar refractivity (Wildman–Crippen MR) is 13.6 cm³/mol. The van der Waals surface area contributed by atoms with E-state index in [0.717, 1.165) is 0 Å². The quantitative estimate of drug-likeness (QED) is 0.322. The first kappa shape index (κ1) is 17.0. The van der Waals surface area contributed by atoms with Crippen molar-refractivity contribution in [1.29, 1.82) is 0 Å². The fraction of sp³-hybridized carbons (Fsp3) is 0. The molecule has 0 aromatic carbocycles. The molecule has 0 amide bonds. The third-order valence-electron chi connectivity index (χ3n) is 0. The Morgan fingerprint density at radius 1 is 1.60 bits per heavy atom. The molecule has 0 aliphatic heterocycles. The van der Waals surface area contributed by atoms with Crippen LogP contribution in [-0.2, 0) is 3.78 Å². The van der Waals surface area contributed by atoms with Gasteiger partial charge in [-0.25, -0.2) is 0 Å². The van der Waals surface area contributed by atoms with Crippen LogP contribution in [0, 0.1) is 0 Å². The van der Waals surface area contributed by atoms with Crippen LogP contribution >= 0.6 is 0 Å². The van der Waals surface area contributed by atoms with Crippen LogP contribution in [0.5, 0.6) is 0 Å². The molecule has 0 N–H and O–H groups in total. The van der Waals surface area contributed by atoms with E-state index in [-0.39, 0.29) is 27.8 Å². The van der Waals surface area contributed by atoms with Crippen molar-refractivity contribution in [3.63, 3.8) is 0 Å². The number of halogens is 1. The van der Waals surface area contributed by atoms with E-state index in [0.29, 0.717) is 0 Å². The molecule has 0 aliphatic carbocycles. The fourth-order valence-corrected chi connectivity index (χ4v) is 0. The van der Waals surface area contributed by atoms with Gasteiger partial charge >= 0.3 is 46.7 Å². The molecule has 5 heavy (non-hydrogen) atoms. The van der Waals surface area contributed by atoms with Crippen molar-refractivity contribution in [3.05, 3.63) is 0 Å². The van der Waals surface area contributed by atoms with E-state index in [1.54, 1.807) is 0 Å². The molecule has 2 nitrogen and oxygen atoms in total. The third kappa shape index (κ3) is 55.4. The summed E-state index contributed by atoms with van der Waals surface area (Å²) in [6, 6.07) is 0. The van der Waals surface area contributed by atoms with Crippen LogP contribution in [0.4, 0.5) is 0 Å². The standard InChI is InChI=1S/FH.GeHO2.Mg/c;2-1-3;/h1H;1H;/q;-1;+2/p-1. The Morgan fingerprint density at radius 3 is 1.60 bits per heavy atom. The second-order valence-corrected chi connectivity index (χ2v) is 0.500. The molecule has 0 radical (unpaired) electrons. The first-order valence-corrected chi connectivity index (χ1v) is 2.45. The molecule has 0 heterocycles. The zero-order chi connectivity index (χ0) is 2.71. The molecule has 5 heteroatoms. The molecule has 0 saturated heterocycles. The minimum absolute atomic E-state index is 0. The van der Waals surface area contributed by atoms with Gasteiger partial charge in [-0.3, -0.25) is 0 Å². The van der Waals surface area contributed by atoms with Crippen molar-refractivity contribution in [2.24, 2.45) is 0 Å². The van der Waals surface area contributed by atoms with Crippen molar-refractivity contribution < 1.29 is 12.6 Å². The Kier molecular flexibility index (Phi) is 71.5. The number of hydrogen-bond acceptors (Lipinski definition) is 2. The Bertz CT molecular complexity index is 17.1. The monoisotopic (exact) mass is 150 g/mol. The van der Waals surface area contributed by atoms with Crippen LogP contribution in [0.25, 0.3) is 0 Å². The summed E-state index contributed by atoms with van der Waals surface area (Å²) in [6.45, 7) is 0. The zero-order valence-corrected chi connectivity index (χ0v) is 6.32. The maximum absolute atomic E-state index is 8.53. The fourth-order valence-electron chi connectivity index (χ4n) is 0. The van der Waals surface area contributed by atoms with E-state index in [9.17, 15) is 0 Å². The van der Waals surface area contributed by atoms with Crippen LogP contribution in [0.15, 0.2) is 0 Å². The second-order valence-electron chi connectivity index (χ2n) is 0.0962.